The average Bonchev–Trinajstić information content (AvgIpc) is 2.38. The van der Waals surface area contributed by atoms with Crippen LogP contribution in [0.1, 0.15) is 10.4 Å². The molecule has 1 aromatic heterocycles. The fraction of sp³-hybridized carbons (Fsp3) is 0. The first-order valence-electron chi connectivity index (χ1n) is 5.06. The third-order valence-electron chi connectivity index (χ3n) is 2.44. The van der Waals surface area contributed by atoms with E-state index in [9.17, 15) is 19.7 Å². The summed E-state index contributed by atoms with van der Waals surface area (Å²) >= 11 is 0. The molecule has 1 heterocycles. The fourth-order valence-electron chi connectivity index (χ4n) is 1.62. The predicted molar refractivity (Wildman–Crippen MR) is 63.9 cm³/mol. The van der Waals surface area contributed by atoms with Gasteiger partial charge in [0.25, 0.3) is 11.2 Å². The Kier molecular flexibility index (Phi) is 3.06. The van der Waals surface area contributed by atoms with Crippen LogP contribution in [-0.4, -0.2) is 26.2 Å². The van der Waals surface area contributed by atoms with E-state index in [1.807, 2.05) is 5.10 Å². The third kappa shape index (κ3) is 2.32. The first kappa shape index (κ1) is 12.4. The number of hydrogen-bond donors (Lipinski definition) is 2. The number of carboxylic acid groups (broad SMARTS) is 1. The average molecular weight is 261 g/mol. The number of non-ortho nitro benzene ring substituents is 1. The number of aromatic nitrogens is 2. The van der Waals surface area contributed by atoms with Gasteiger partial charge in [0.1, 0.15) is 5.56 Å². The summed E-state index contributed by atoms with van der Waals surface area (Å²) in [5.41, 5.74) is -1.30. The van der Waals surface area contributed by atoms with Crippen molar-refractivity contribution in [1.29, 1.82) is 0 Å². The number of nitro benzene ring substituents is 1. The summed E-state index contributed by atoms with van der Waals surface area (Å²) < 4.78 is 0. The molecule has 0 saturated carbocycles. The Morgan fingerprint density at radius 1 is 1.42 bits per heavy atom. The minimum Gasteiger partial charge on any atom is -0.477 e. The predicted octanol–water partition coefficient (Wildman–Crippen LogP) is 1.04. The van der Waals surface area contributed by atoms with Crippen LogP contribution in [0.15, 0.2) is 35.3 Å². The maximum Gasteiger partial charge on any atom is 0.342 e. The molecule has 0 unspecified atom stereocenters. The summed E-state index contributed by atoms with van der Waals surface area (Å²) in [4.78, 5) is 32.6. The molecule has 0 radical (unpaired) electrons. The number of nitrogens with zero attached hydrogens (tertiary/aromatic N) is 2. The number of nitro groups is 1. The minimum absolute atomic E-state index is 0.0277. The van der Waals surface area contributed by atoms with Crippen LogP contribution in [0.2, 0.25) is 0 Å². The molecule has 0 amide bonds. The molecule has 1 aromatic carbocycles. The fourth-order valence-corrected chi connectivity index (χ4v) is 1.62. The van der Waals surface area contributed by atoms with Crippen molar-refractivity contribution in [2.45, 2.75) is 0 Å². The highest BCUT2D eigenvalue weighted by Crippen LogP contribution is 2.24. The first-order valence-corrected chi connectivity index (χ1v) is 5.06. The minimum atomic E-state index is -1.43. The lowest BCUT2D eigenvalue weighted by Crippen LogP contribution is -2.19. The van der Waals surface area contributed by atoms with Gasteiger partial charge in [-0.15, -0.1) is 0 Å². The molecule has 0 saturated heterocycles. The Balaban J connectivity index is 2.69. The van der Waals surface area contributed by atoms with Gasteiger partial charge in [-0.3, -0.25) is 14.9 Å². The van der Waals surface area contributed by atoms with E-state index >= 15 is 0 Å². The van der Waals surface area contributed by atoms with Crippen LogP contribution in [0.3, 0.4) is 0 Å². The van der Waals surface area contributed by atoms with Crippen molar-refractivity contribution in [3.05, 3.63) is 56.5 Å². The maximum atomic E-state index is 11.4. The SMILES string of the molecule is O=C(O)c1c(-c2cccc([N+](=O)[O-])c2)cn[nH]c1=O. The van der Waals surface area contributed by atoms with Gasteiger partial charge in [0.15, 0.2) is 0 Å². The van der Waals surface area contributed by atoms with Crippen molar-refractivity contribution in [2.75, 3.05) is 0 Å². The number of H-pyrrole nitrogens is 1. The Labute approximate surface area is 105 Å². The number of rotatable bonds is 3. The highest BCUT2D eigenvalue weighted by molar-refractivity contribution is 5.95. The molecular formula is C11H7N3O5. The lowest BCUT2D eigenvalue weighted by molar-refractivity contribution is -0.384. The van der Waals surface area contributed by atoms with Gasteiger partial charge >= 0.3 is 5.97 Å². The van der Waals surface area contributed by atoms with E-state index in [1.54, 1.807) is 0 Å². The second-order valence-electron chi connectivity index (χ2n) is 3.60. The zero-order valence-electron chi connectivity index (χ0n) is 9.36. The molecule has 8 heteroatoms. The highest BCUT2D eigenvalue weighted by Gasteiger charge is 2.18. The van der Waals surface area contributed by atoms with Crippen LogP contribution >= 0.6 is 0 Å². The van der Waals surface area contributed by atoms with Gasteiger partial charge in [0, 0.05) is 17.7 Å². The lowest BCUT2D eigenvalue weighted by Gasteiger charge is -2.04. The normalized spacial score (nSPS) is 10.1. The second kappa shape index (κ2) is 4.69. The third-order valence-corrected chi connectivity index (χ3v) is 2.44. The summed E-state index contributed by atoms with van der Waals surface area (Å²) in [6, 6.07) is 5.32. The molecule has 0 bridgehead atoms. The Morgan fingerprint density at radius 3 is 2.79 bits per heavy atom. The van der Waals surface area contributed by atoms with Crippen molar-refractivity contribution in [1.82, 2.24) is 10.2 Å². The van der Waals surface area contributed by atoms with Gasteiger partial charge in [0.05, 0.1) is 11.1 Å². The topological polar surface area (TPSA) is 126 Å². The van der Waals surface area contributed by atoms with Gasteiger partial charge in [-0.25, -0.2) is 9.89 Å². The van der Waals surface area contributed by atoms with Crippen LogP contribution in [0.25, 0.3) is 11.1 Å². The molecule has 0 atom stereocenters. The molecule has 0 aliphatic carbocycles. The maximum absolute atomic E-state index is 11.4. The first-order chi connectivity index (χ1) is 9.00. The van der Waals surface area contributed by atoms with Crippen LogP contribution in [0.4, 0.5) is 5.69 Å². The summed E-state index contributed by atoms with van der Waals surface area (Å²) in [5.74, 6) is -1.43. The lowest BCUT2D eigenvalue weighted by atomic mass is 10.0. The van der Waals surface area contributed by atoms with Crippen molar-refractivity contribution in [2.24, 2.45) is 0 Å². The molecule has 0 aliphatic rings. The number of hydrogen-bond acceptors (Lipinski definition) is 5. The van der Waals surface area contributed by atoms with E-state index in [4.69, 9.17) is 5.11 Å². The van der Waals surface area contributed by atoms with Gasteiger partial charge < -0.3 is 5.11 Å². The summed E-state index contributed by atoms with van der Waals surface area (Å²) in [6.45, 7) is 0. The molecule has 2 rings (SSSR count). The molecule has 96 valence electrons. The van der Waals surface area contributed by atoms with E-state index in [0.717, 1.165) is 6.20 Å². The molecule has 0 aliphatic heterocycles. The van der Waals surface area contributed by atoms with E-state index in [1.165, 1.54) is 24.3 Å². The highest BCUT2D eigenvalue weighted by atomic mass is 16.6. The Hall–Kier alpha value is -3.03. The molecule has 8 nitrogen and oxygen atoms in total. The van der Waals surface area contributed by atoms with Crippen LogP contribution in [-0.2, 0) is 0 Å². The van der Waals surface area contributed by atoms with Crippen LogP contribution in [0.5, 0.6) is 0 Å². The summed E-state index contributed by atoms with van der Waals surface area (Å²) in [5, 5.41) is 25.2. The van der Waals surface area contributed by atoms with Crippen molar-refractivity contribution in [3.8, 4) is 11.1 Å². The molecule has 19 heavy (non-hydrogen) atoms. The van der Waals surface area contributed by atoms with E-state index in [0.29, 0.717) is 0 Å². The Bertz CT molecular complexity index is 722. The Morgan fingerprint density at radius 2 is 2.16 bits per heavy atom. The van der Waals surface area contributed by atoms with Crippen molar-refractivity contribution >= 4 is 11.7 Å². The molecular weight excluding hydrogens is 254 g/mol. The van der Waals surface area contributed by atoms with Gasteiger partial charge in [-0.2, -0.15) is 5.10 Å². The van der Waals surface area contributed by atoms with Gasteiger partial charge in [0.2, 0.25) is 0 Å². The smallest absolute Gasteiger partial charge is 0.342 e. The summed E-state index contributed by atoms with van der Waals surface area (Å²) in [7, 11) is 0. The van der Waals surface area contributed by atoms with E-state index in [-0.39, 0.29) is 16.8 Å². The molecule has 0 fully saturated rings. The van der Waals surface area contributed by atoms with E-state index < -0.39 is 22.0 Å². The number of carboxylic acids is 1. The second-order valence-corrected chi connectivity index (χ2v) is 3.60. The van der Waals surface area contributed by atoms with Crippen molar-refractivity contribution < 1.29 is 14.8 Å². The monoisotopic (exact) mass is 261 g/mol. The number of nitrogens with one attached hydrogen (secondary N) is 1. The van der Waals surface area contributed by atoms with Crippen LogP contribution in [0, 0.1) is 10.1 Å². The van der Waals surface area contributed by atoms with Crippen LogP contribution < -0.4 is 5.56 Å². The molecule has 0 spiro atoms. The number of aromatic carboxylic acids is 1. The number of carbonyl (C=O) groups is 1. The number of aromatic amines is 1. The largest absolute Gasteiger partial charge is 0.477 e. The molecule has 2 aromatic rings. The van der Waals surface area contributed by atoms with Crippen molar-refractivity contribution in [3.63, 3.8) is 0 Å². The quantitative estimate of drug-likeness (QED) is 0.627. The summed E-state index contributed by atoms with van der Waals surface area (Å²) in [6.07, 6.45) is 1.14. The zero-order valence-corrected chi connectivity index (χ0v) is 9.36. The standard InChI is InChI=1S/C11H7N3O5/c15-10-9(11(16)17)8(5-12-13-10)6-2-1-3-7(4-6)14(18)19/h1-5H,(H,13,15)(H,16,17). The van der Waals surface area contributed by atoms with E-state index in [2.05, 4.69) is 5.10 Å². The molecule has 2 N–H and O–H groups in total. The van der Waals surface area contributed by atoms with Gasteiger partial charge in [-0.1, -0.05) is 12.1 Å². The van der Waals surface area contributed by atoms with Gasteiger partial charge in [-0.05, 0) is 5.56 Å². The zero-order chi connectivity index (χ0) is 14.0. The number of benzene rings is 1.